The molecule has 0 aliphatic heterocycles. The maximum absolute atomic E-state index is 13.0. The molecule has 28 heavy (non-hydrogen) atoms. The van der Waals surface area contributed by atoms with Crippen molar-refractivity contribution in [3.8, 4) is 5.69 Å². The number of hydrogen-bond acceptors (Lipinski definition) is 4. The van der Waals surface area contributed by atoms with E-state index in [1.165, 1.54) is 0 Å². The molecule has 0 spiro atoms. The molecule has 0 fully saturated rings. The van der Waals surface area contributed by atoms with Gasteiger partial charge in [0.15, 0.2) is 0 Å². The molecule has 1 N–H and O–H groups in total. The van der Waals surface area contributed by atoms with Crippen molar-refractivity contribution in [3.05, 3.63) is 92.3 Å². The van der Waals surface area contributed by atoms with Crippen LogP contribution in [-0.2, 0) is 6.54 Å². The van der Waals surface area contributed by atoms with Crippen LogP contribution in [0.15, 0.2) is 64.2 Å². The average molecular weight is 378 g/mol. The van der Waals surface area contributed by atoms with E-state index in [1.807, 2.05) is 44.2 Å². The predicted molar refractivity (Wildman–Crippen MR) is 107 cm³/mol. The molecule has 0 bridgehead atoms. The Kier molecular flexibility index (Phi) is 5.84. The van der Waals surface area contributed by atoms with E-state index >= 15 is 0 Å². The van der Waals surface area contributed by atoms with E-state index in [4.69, 9.17) is 0 Å². The van der Waals surface area contributed by atoms with E-state index in [9.17, 15) is 14.4 Å². The summed E-state index contributed by atoms with van der Waals surface area (Å²) in [7, 11) is 0. The van der Waals surface area contributed by atoms with Crippen LogP contribution in [0, 0.1) is 6.92 Å². The minimum Gasteiger partial charge on any atom is -0.350 e. The Bertz CT molecular complexity index is 1100. The van der Waals surface area contributed by atoms with Gasteiger partial charge in [0.25, 0.3) is 11.5 Å². The quantitative estimate of drug-likeness (QED) is 0.710. The van der Waals surface area contributed by atoms with Crippen molar-refractivity contribution < 1.29 is 4.79 Å². The maximum atomic E-state index is 13.0. The van der Waals surface area contributed by atoms with E-state index in [2.05, 4.69) is 10.4 Å². The van der Waals surface area contributed by atoms with Gasteiger partial charge < -0.3 is 5.32 Å². The molecule has 1 aromatic heterocycles. The zero-order chi connectivity index (χ0) is 20.1. The molecule has 0 aliphatic rings. The fraction of sp³-hybridized carbons (Fsp3) is 0.238. The Morgan fingerprint density at radius 2 is 1.71 bits per heavy atom. The topological polar surface area (TPSA) is 86.0 Å². The molecule has 0 saturated carbocycles. The first-order chi connectivity index (χ1) is 13.5. The molecule has 0 saturated heterocycles. The number of nitrogens with zero attached hydrogens (tertiary/aromatic N) is 3. The van der Waals surface area contributed by atoms with Gasteiger partial charge in [-0.2, -0.15) is 9.78 Å². The van der Waals surface area contributed by atoms with E-state index in [0.717, 1.165) is 26.8 Å². The van der Waals surface area contributed by atoms with E-state index in [1.54, 1.807) is 24.3 Å². The molecule has 1 amide bonds. The summed E-state index contributed by atoms with van der Waals surface area (Å²) in [6, 6.07) is 16.2. The Labute approximate surface area is 162 Å². The molecule has 144 valence electrons. The molecule has 3 rings (SSSR count). The van der Waals surface area contributed by atoms with Gasteiger partial charge >= 0.3 is 5.69 Å². The fourth-order valence-electron chi connectivity index (χ4n) is 2.81. The number of amides is 1. The van der Waals surface area contributed by atoms with Crippen LogP contribution in [0.3, 0.4) is 0 Å². The van der Waals surface area contributed by atoms with Crippen LogP contribution in [0.5, 0.6) is 0 Å². The summed E-state index contributed by atoms with van der Waals surface area (Å²) in [5.74, 6) is -0.588. The Hall–Kier alpha value is -3.48. The molecule has 1 heterocycles. The van der Waals surface area contributed by atoms with E-state index in [-0.39, 0.29) is 12.2 Å². The van der Waals surface area contributed by atoms with Gasteiger partial charge in [-0.3, -0.25) is 14.2 Å². The normalized spacial score (nSPS) is 10.6. The summed E-state index contributed by atoms with van der Waals surface area (Å²) in [6.07, 6.45) is 0.724. The number of aromatic nitrogens is 3. The third kappa shape index (κ3) is 3.93. The molecule has 2 aromatic carbocycles. The highest BCUT2D eigenvalue weighted by Gasteiger charge is 2.20. The lowest BCUT2D eigenvalue weighted by Crippen LogP contribution is -2.46. The van der Waals surface area contributed by atoms with Crippen LogP contribution in [0.1, 0.15) is 35.0 Å². The highest BCUT2D eigenvalue weighted by Crippen LogP contribution is 2.08. The molecule has 0 radical (unpaired) electrons. The number of carbonyl (C=O) groups excluding carboxylic acids is 1. The summed E-state index contributed by atoms with van der Waals surface area (Å²) in [5.41, 5.74) is 0.669. The van der Waals surface area contributed by atoms with Gasteiger partial charge in [0, 0.05) is 6.54 Å². The average Bonchev–Trinajstić information content (AvgIpc) is 2.71. The molecular formula is C21H22N4O3. The number of benzene rings is 2. The standard InChI is InChI=1S/C21H22N4O3/c1-3-13-22-19(26)18-20(27)24(14-16-10-8-7-9-15(16)2)21(28)25(23-18)17-11-5-4-6-12-17/h4-12H,3,13-14H2,1-2H3,(H,22,26). The predicted octanol–water partition coefficient (Wildman–Crippen LogP) is 1.89. The molecule has 0 aliphatic carbocycles. The van der Waals surface area contributed by atoms with Crippen LogP contribution in [-0.4, -0.2) is 26.8 Å². The summed E-state index contributed by atoms with van der Waals surface area (Å²) < 4.78 is 2.16. The molecule has 0 unspecified atom stereocenters. The Morgan fingerprint density at radius 1 is 1.04 bits per heavy atom. The van der Waals surface area contributed by atoms with Gasteiger partial charge in [0.2, 0.25) is 5.69 Å². The first-order valence-electron chi connectivity index (χ1n) is 9.15. The summed E-state index contributed by atoms with van der Waals surface area (Å²) in [4.78, 5) is 38.4. The lowest BCUT2D eigenvalue weighted by molar-refractivity contribution is 0.0944. The minimum atomic E-state index is -0.700. The van der Waals surface area contributed by atoms with Crippen LogP contribution < -0.4 is 16.6 Å². The third-order valence-corrected chi connectivity index (χ3v) is 4.40. The van der Waals surface area contributed by atoms with Gasteiger partial charge in [-0.25, -0.2) is 4.79 Å². The second-order valence-corrected chi connectivity index (χ2v) is 6.45. The second-order valence-electron chi connectivity index (χ2n) is 6.45. The summed E-state index contributed by atoms with van der Waals surface area (Å²) in [5, 5.41) is 6.74. The highest BCUT2D eigenvalue weighted by atomic mass is 16.2. The van der Waals surface area contributed by atoms with Crippen molar-refractivity contribution in [3.63, 3.8) is 0 Å². The number of carbonyl (C=O) groups is 1. The number of hydrogen-bond donors (Lipinski definition) is 1. The van der Waals surface area contributed by atoms with Crippen molar-refractivity contribution in [1.82, 2.24) is 19.7 Å². The van der Waals surface area contributed by atoms with Gasteiger partial charge in [-0.15, -0.1) is 0 Å². The largest absolute Gasteiger partial charge is 0.352 e. The highest BCUT2D eigenvalue weighted by molar-refractivity contribution is 5.91. The van der Waals surface area contributed by atoms with Gasteiger partial charge in [-0.1, -0.05) is 49.4 Å². The van der Waals surface area contributed by atoms with Gasteiger partial charge in [-0.05, 0) is 36.6 Å². The number of aryl methyl sites for hydroxylation is 1. The third-order valence-electron chi connectivity index (χ3n) is 4.40. The lowest BCUT2D eigenvalue weighted by Gasteiger charge is -2.13. The second kappa shape index (κ2) is 8.47. The van der Waals surface area contributed by atoms with E-state index < -0.39 is 17.2 Å². The van der Waals surface area contributed by atoms with Crippen molar-refractivity contribution in [2.75, 3.05) is 6.54 Å². The Balaban J connectivity index is 2.19. The zero-order valence-electron chi connectivity index (χ0n) is 15.9. The first kappa shape index (κ1) is 19.3. The van der Waals surface area contributed by atoms with Crippen LogP contribution in [0.2, 0.25) is 0 Å². The molecule has 7 heteroatoms. The molecule has 7 nitrogen and oxygen atoms in total. The first-order valence-corrected chi connectivity index (χ1v) is 9.15. The lowest BCUT2D eigenvalue weighted by atomic mass is 10.1. The summed E-state index contributed by atoms with van der Waals surface area (Å²) >= 11 is 0. The van der Waals surface area contributed by atoms with Crippen molar-refractivity contribution in [1.29, 1.82) is 0 Å². The summed E-state index contributed by atoms with van der Waals surface area (Å²) in [6.45, 7) is 4.30. The fourth-order valence-corrected chi connectivity index (χ4v) is 2.81. The molecule has 0 atom stereocenters. The van der Waals surface area contributed by atoms with Crippen LogP contribution in [0.25, 0.3) is 5.69 Å². The minimum absolute atomic E-state index is 0.0632. The Morgan fingerprint density at radius 3 is 2.39 bits per heavy atom. The molecule has 3 aromatic rings. The zero-order valence-corrected chi connectivity index (χ0v) is 15.9. The molecular weight excluding hydrogens is 356 g/mol. The van der Waals surface area contributed by atoms with Crippen molar-refractivity contribution in [2.45, 2.75) is 26.8 Å². The SMILES string of the molecule is CCCNC(=O)c1nn(-c2ccccc2)c(=O)n(Cc2ccccc2C)c1=O. The number of rotatable bonds is 6. The van der Waals surface area contributed by atoms with Crippen molar-refractivity contribution >= 4 is 5.91 Å². The van der Waals surface area contributed by atoms with Crippen LogP contribution in [0.4, 0.5) is 0 Å². The number of nitrogens with one attached hydrogen (secondary N) is 1. The van der Waals surface area contributed by atoms with Gasteiger partial charge in [0.05, 0.1) is 12.2 Å². The maximum Gasteiger partial charge on any atom is 0.352 e. The van der Waals surface area contributed by atoms with E-state index in [0.29, 0.717) is 12.2 Å². The van der Waals surface area contributed by atoms with Crippen molar-refractivity contribution in [2.24, 2.45) is 0 Å². The van der Waals surface area contributed by atoms with Crippen LogP contribution >= 0.6 is 0 Å². The smallest absolute Gasteiger partial charge is 0.350 e. The monoisotopic (exact) mass is 378 g/mol. The number of para-hydroxylation sites is 1. The van der Waals surface area contributed by atoms with Gasteiger partial charge in [0.1, 0.15) is 0 Å².